The predicted octanol–water partition coefficient (Wildman–Crippen LogP) is 4.49. The maximum absolute atomic E-state index is 14.0. The number of hydrogen-bond donors (Lipinski definition) is 1. The third-order valence-electron chi connectivity index (χ3n) is 3.67. The van der Waals surface area contributed by atoms with Crippen molar-refractivity contribution in [3.05, 3.63) is 71.0 Å². The lowest BCUT2D eigenvalue weighted by Crippen LogP contribution is -2.14. The Hall–Kier alpha value is -3.02. The number of aromatic nitrogens is 1. The lowest BCUT2D eigenvalue weighted by atomic mass is 10.0. The van der Waals surface area contributed by atoms with Gasteiger partial charge in [-0.2, -0.15) is 0 Å². The first kappa shape index (κ1) is 15.9. The number of carbonyl (C=O) groups is 1. The van der Waals surface area contributed by atoms with Gasteiger partial charge in [-0.15, -0.1) is 0 Å². The van der Waals surface area contributed by atoms with E-state index in [4.69, 9.17) is 4.52 Å². The Morgan fingerprint density at radius 3 is 2.58 bits per heavy atom. The molecular formula is C18H14F2N2O2. The summed E-state index contributed by atoms with van der Waals surface area (Å²) in [6, 6.07) is 10.3. The molecule has 6 heteroatoms. The largest absolute Gasteiger partial charge is 0.360 e. The van der Waals surface area contributed by atoms with E-state index in [1.165, 1.54) is 6.07 Å². The quantitative estimate of drug-likeness (QED) is 0.771. The zero-order chi connectivity index (χ0) is 17.3. The van der Waals surface area contributed by atoms with Gasteiger partial charge in [-0.3, -0.25) is 4.79 Å². The fraction of sp³-hybridized carbons (Fsp3) is 0.111. The molecule has 0 saturated heterocycles. The van der Waals surface area contributed by atoms with E-state index in [1.807, 2.05) is 19.1 Å². The van der Waals surface area contributed by atoms with Gasteiger partial charge in [0.2, 0.25) is 0 Å². The van der Waals surface area contributed by atoms with E-state index in [2.05, 4.69) is 10.5 Å². The molecule has 0 spiro atoms. The Bertz CT molecular complexity index is 919. The van der Waals surface area contributed by atoms with E-state index in [1.54, 1.807) is 19.1 Å². The highest BCUT2D eigenvalue weighted by molar-refractivity contribution is 6.09. The van der Waals surface area contributed by atoms with Gasteiger partial charge in [-0.25, -0.2) is 8.78 Å². The Kier molecular flexibility index (Phi) is 4.12. The van der Waals surface area contributed by atoms with E-state index >= 15 is 0 Å². The van der Waals surface area contributed by atoms with E-state index in [0.717, 1.165) is 17.7 Å². The number of amides is 1. The van der Waals surface area contributed by atoms with Gasteiger partial charge in [-0.05, 0) is 37.6 Å². The Labute approximate surface area is 137 Å². The number of hydrogen-bond acceptors (Lipinski definition) is 3. The molecule has 1 heterocycles. The number of benzene rings is 2. The molecule has 0 aliphatic carbocycles. The summed E-state index contributed by atoms with van der Waals surface area (Å²) in [5.41, 5.74) is 1.67. The first-order valence-corrected chi connectivity index (χ1v) is 7.26. The molecule has 0 aliphatic heterocycles. The van der Waals surface area contributed by atoms with Crippen molar-refractivity contribution < 1.29 is 18.1 Å². The van der Waals surface area contributed by atoms with E-state index in [0.29, 0.717) is 5.69 Å². The van der Waals surface area contributed by atoms with Crippen molar-refractivity contribution in [2.24, 2.45) is 0 Å². The van der Waals surface area contributed by atoms with Crippen LogP contribution >= 0.6 is 0 Å². The number of para-hydroxylation sites is 1. The van der Waals surface area contributed by atoms with Crippen LogP contribution in [0.1, 0.15) is 21.7 Å². The Balaban J connectivity index is 2.01. The molecular weight excluding hydrogens is 314 g/mol. The molecule has 3 rings (SSSR count). The van der Waals surface area contributed by atoms with Crippen LogP contribution in [0.3, 0.4) is 0 Å². The molecule has 0 fully saturated rings. The van der Waals surface area contributed by atoms with Gasteiger partial charge >= 0.3 is 0 Å². The SMILES string of the molecule is Cc1ccccc1NC(=O)c1c(-c2ccc(F)cc2F)noc1C. The maximum atomic E-state index is 14.0. The van der Waals surface area contributed by atoms with Gasteiger partial charge in [0, 0.05) is 17.3 Å². The molecule has 0 atom stereocenters. The number of rotatable bonds is 3. The minimum absolute atomic E-state index is 0.00295. The molecule has 3 aromatic rings. The second-order valence-electron chi connectivity index (χ2n) is 5.36. The first-order valence-electron chi connectivity index (χ1n) is 7.26. The molecule has 0 saturated carbocycles. The molecule has 24 heavy (non-hydrogen) atoms. The molecule has 1 aromatic heterocycles. The maximum Gasteiger partial charge on any atom is 0.261 e. The summed E-state index contributed by atoms with van der Waals surface area (Å²) in [4.78, 5) is 12.6. The van der Waals surface area contributed by atoms with Gasteiger partial charge < -0.3 is 9.84 Å². The number of halogens is 2. The lowest BCUT2D eigenvalue weighted by molar-refractivity contribution is 0.102. The summed E-state index contributed by atoms with van der Waals surface area (Å²) in [6.45, 7) is 3.42. The summed E-state index contributed by atoms with van der Waals surface area (Å²) in [5, 5.41) is 6.52. The highest BCUT2D eigenvalue weighted by Gasteiger charge is 2.24. The highest BCUT2D eigenvalue weighted by atomic mass is 19.1. The Morgan fingerprint density at radius 2 is 1.88 bits per heavy atom. The zero-order valence-corrected chi connectivity index (χ0v) is 13.1. The van der Waals surface area contributed by atoms with Crippen molar-refractivity contribution in [2.45, 2.75) is 13.8 Å². The van der Waals surface area contributed by atoms with E-state index in [9.17, 15) is 13.6 Å². The van der Waals surface area contributed by atoms with Crippen molar-refractivity contribution in [2.75, 3.05) is 5.32 Å². The smallest absolute Gasteiger partial charge is 0.261 e. The number of nitrogens with zero attached hydrogens (tertiary/aromatic N) is 1. The monoisotopic (exact) mass is 328 g/mol. The van der Waals surface area contributed by atoms with Crippen molar-refractivity contribution in [3.8, 4) is 11.3 Å². The number of carbonyl (C=O) groups excluding carboxylic acids is 1. The van der Waals surface area contributed by atoms with Crippen molar-refractivity contribution >= 4 is 11.6 Å². The van der Waals surface area contributed by atoms with Gasteiger partial charge in [-0.1, -0.05) is 23.4 Å². The van der Waals surface area contributed by atoms with Crippen LogP contribution in [-0.2, 0) is 0 Å². The summed E-state index contributed by atoms with van der Waals surface area (Å²) >= 11 is 0. The summed E-state index contributed by atoms with van der Waals surface area (Å²) in [7, 11) is 0. The highest BCUT2D eigenvalue weighted by Crippen LogP contribution is 2.29. The van der Waals surface area contributed by atoms with Crippen LogP contribution in [0.2, 0.25) is 0 Å². The zero-order valence-electron chi connectivity index (χ0n) is 13.1. The topological polar surface area (TPSA) is 55.1 Å². The van der Waals surface area contributed by atoms with Crippen LogP contribution in [-0.4, -0.2) is 11.1 Å². The van der Waals surface area contributed by atoms with Gasteiger partial charge in [0.15, 0.2) is 0 Å². The molecule has 0 aliphatic rings. The van der Waals surface area contributed by atoms with Crippen LogP contribution in [0, 0.1) is 25.5 Å². The molecule has 1 N–H and O–H groups in total. The Morgan fingerprint density at radius 1 is 1.12 bits per heavy atom. The number of anilines is 1. The number of nitrogens with one attached hydrogen (secondary N) is 1. The van der Waals surface area contributed by atoms with Crippen molar-refractivity contribution in [3.63, 3.8) is 0 Å². The van der Waals surface area contributed by atoms with Crippen molar-refractivity contribution in [1.29, 1.82) is 0 Å². The minimum Gasteiger partial charge on any atom is -0.360 e. The fourth-order valence-electron chi connectivity index (χ4n) is 2.40. The molecule has 4 nitrogen and oxygen atoms in total. The average Bonchev–Trinajstić information content (AvgIpc) is 2.91. The second-order valence-corrected chi connectivity index (χ2v) is 5.36. The lowest BCUT2D eigenvalue weighted by Gasteiger charge is -2.08. The fourth-order valence-corrected chi connectivity index (χ4v) is 2.40. The molecule has 1 amide bonds. The van der Waals surface area contributed by atoms with Gasteiger partial charge in [0.1, 0.15) is 28.7 Å². The normalized spacial score (nSPS) is 10.7. The van der Waals surface area contributed by atoms with Gasteiger partial charge in [0.25, 0.3) is 5.91 Å². The van der Waals surface area contributed by atoms with Crippen LogP contribution in [0.4, 0.5) is 14.5 Å². The molecule has 122 valence electrons. The third-order valence-corrected chi connectivity index (χ3v) is 3.67. The summed E-state index contributed by atoms with van der Waals surface area (Å²) in [6.07, 6.45) is 0. The standard InChI is InChI=1S/C18H14F2N2O2/c1-10-5-3-4-6-15(10)21-18(23)16-11(2)24-22-17(16)13-8-7-12(19)9-14(13)20/h3-9H,1-2H3,(H,21,23). The average molecular weight is 328 g/mol. The summed E-state index contributed by atoms with van der Waals surface area (Å²) < 4.78 is 32.2. The molecule has 2 aromatic carbocycles. The van der Waals surface area contributed by atoms with Crippen LogP contribution < -0.4 is 5.32 Å². The van der Waals surface area contributed by atoms with Crippen LogP contribution in [0.15, 0.2) is 47.0 Å². The molecule has 0 unspecified atom stereocenters. The van der Waals surface area contributed by atoms with Crippen LogP contribution in [0.5, 0.6) is 0 Å². The molecule has 0 bridgehead atoms. The van der Waals surface area contributed by atoms with Gasteiger partial charge in [0.05, 0.1) is 0 Å². The number of aryl methyl sites for hydroxylation is 2. The third kappa shape index (κ3) is 2.90. The van der Waals surface area contributed by atoms with E-state index < -0.39 is 17.5 Å². The van der Waals surface area contributed by atoms with Crippen molar-refractivity contribution in [1.82, 2.24) is 5.16 Å². The van der Waals surface area contributed by atoms with E-state index in [-0.39, 0.29) is 22.6 Å². The molecule has 0 radical (unpaired) electrons. The summed E-state index contributed by atoms with van der Waals surface area (Å²) in [5.74, 6) is -1.74. The second kappa shape index (κ2) is 6.23. The first-order chi connectivity index (χ1) is 11.5. The predicted molar refractivity (Wildman–Crippen MR) is 85.7 cm³/mol. The minimum atomic E-state index is -0.812. The van der Waals surface area contributed by atoms with Crippen LogP contribution in [0.25, 0.3) is 11.3 Å².